The van der Waals surface area contributed by atoms with E-state index >= 15 is 0 Å². The summed E-state index contributed by atoms with van der Waals surface area (Å²) in [6.07, 6.45) is 4.09. The van der Waals surface area contributed by atoms with Crippen molar-refractivity contribution in [2.45, 2.75) is 34.6 Å². The number of nitrogens with zero attached hydrogens (tertiary/aromatic N) is 1. The zero-order valence-corrected chi connectivity index (χ0v) is 16.4. The first-order valence-corrected chi connectivity index (χ1v) is 8.75. The molecule has 1 unspecified atom stereocenters. The number of hydrogen-bond donors (Lipinski definition) is 0. The van der Waals surface area contributed by atoms with Gasteiger partial charge in [-0.3, -0.25) is 4.98 Å². The number of allylic oxidation sites excluding steroid dienone is 4. The summed E-state index contributed by atoms with van der Waals surface area (Å²) >= 11 is 0. The molecule has 0 saturated carbocycles. The number of rotatable bonds is 4. The standard InChI is InChI=1S/C22H26NP/c1-7-20(18-10-8-15(4)9-11-18)22-16(5)12-19(13-23-22)21(14(2)3)17(6)24/h7-13H,2,24H2,1,3-6H3/b20-7-,21-17+. The molecule has 1 aromatic heterocycles. The van der Waals surface area contributed by atoms with E-state index in [0.717, 1.165) is 16.8 Å². The Hall–Kier alpha value is -1.98. The average Bonchev–Trinajstić information content (AvgIpc) is 2.51. The van der Waals surface area contributed by atoms with Crippen LogP contribution in [0.25, 0.3) is 11.1 Å². The van der Waals surface area contributed by atoms with Gasteiger partial charge in [0.1, 0.15) is 0 Å². The molecule has 2 heteroatoms. The largest absolute Gasteiger partial charge is 0.255 e. The molecule has 124 valence electrons. The minimum Gasteiger partial charge on any atom is -0.255 e. The molecular weight excluding hydrogens is 309 g/mol. The predicted molar refractivity (Wildman–Crippen MR) is 110 cm³/mol. The number of hydrogen-bond acceptors (Lipinski definition) is 1. The second-order valence-electron chi connectivity index (χ2n) is 6.30. The Morgan fingerprint density at radius 3 is 2.17 bits per heavy atom. The van der Waals surface area contributed by atoms with Crippen LogP contribution in [0.4, 0.5) is 0 Å². The van der Waals surface area contributed by atoms with E-state index in [1.807, 2.05) is 13.1 Å². The lowest BCUT2D eigenvalue weighted by molar-refractivity contribution is 1.20. The highest BCUT2D eigenvalue weighted by Crippen LogP contribution is 2.31. The van der Waals surface area contributed by atoms with Gasteiger partial charge in [-0.25, -0.2) is 0 Å². The van der Waals surface area contributed by atoms with Crippen molar-refractivity contribution in [1.29, 1.82) is 0 Å². The van der Waals surface area contributed by atoms with Crippen LogP contribution >= 0.6 is 9.24 Å². The molecule has 2 rings (SSSR count). The maximum Gasteiger partial charge on any atom is 0.0734 e. The van der Waals surface area contributed by atoms with Gasteiger partial charge in [0.2, 0.25) is 0 Å². The molecule has 1 atom stereocenters. The summed E-state index contributed by atoms with van der Waals surface area (Å²) in [5.41, 5.74) is 9.18. The van der Waals surface area contributed by atoms with Gasteiger partial charge in [0, 0.05) is 17.3 Å². The van der Waals surface area contributed by atoms with Gasteiger partial charge in [-0.1, -0.05) is 48.1 Å². The topological polar surface area (TPSA) is 12.9 Å². The molecule has 0 saturated heterocycles. The fourth-order valence-corrected chi connectivity index (χ4v) is 3.39. The zero-order chi connectivity index (χ0) is 17.9. The van der Waals surface area contributed by atoms with Crippen LogP contribution in [0.2, 0.25) is 0 Å². The van der Waals surface area contributed by atoms with Gasteiger partial charge in [0.15, 0.2) is 0 Å². The smallest absolute Gasteiger partial charge is 0.0734 e. The quantitative estimate of drug-likeness (QED) is 0.470. The third kappa shape index (κ3) is 3.91. The molecule has 0 aliphatic heterocycles. The molecule has 0 N–H and O–H groups in total. The Bertz CT molecular complexity index is 820. The molecule has 0 fully saturated rings. The van der Waals surface area contributed by atoms with Crippen molar-refractivity contribution in [3.63, 3.8) is 0 Å². The van der Waals surface area contributed by atoms with Crippen molar-refractivity contribution >= 4 is 20.4 Å². The fourth-order valence-electron chi connectivity index (χ4n) is 2.98. The molecule has 2 aromatic rings. The van der Waals surface area contributed by atoms with Gasteiger partial charge in [-0.2, -0.15) is 0 Å². The van der Waals surface area contributed by atoms with Crippen molar-refractivity contribution in [1.82, 2.24) is 4.98 Å². The lowest BCUT2D eigenvalue weighted by atomic mass is 9.95. The van der Waals surface area contributed by atoms with Crippen LogP contribution in [-0.2, 0) is 0 Å². The Morgan fingerprint density at radius 2 is 1.71 bits per heavy atom. The zero-order valence-electron chi connectivity index (χ0n) is 15.3. The van der Waals surface area contributed by atoms with Gasteiger partial charge < -0.3 is 0 Å². The van der Waals surface area contributed by atoms with Crippen molar-refractivity contribution < 1.29 is 0 Å². The van der Waals surface area contributed by atoms with Gasteiger partial charge in [0.05, 0.1) is 5.69 Å². The number of pyridine rings is 1. The van der Waals surface area contributed by atoms with Crippen LogP contribution in [0.3, 0.4) is 0 Å². The third-order valence-corrected chi connectivity index (χ3v) is 4.38. The van der Waals surface area contributed by atoms with E-state index in [9.17, 15) is 0 Å². The number of aryl methyl sites for hydroxylation is 2. The van der Waals surface area contributed by atoms with Crippen LogP contribution < -0.4 is 0 Å². The Labute approximate surface area is 148 Å². The Balaban J connectivity index is 2.51. The van der Waals surface area contributed by atoms with Crippen LogP contribution in [0.1, 0.15) is 48.7 Å². The second-order valence-corrected chi connectivity index (χ2v) is 7.16. The Kier molecular flexibility index (Phi) is 5.91. The van der Waals surface area contributed by atoms with E-state index in [4.69, 9.17) is 4.98 Å². The molecule has 1 aromatic carbocycles. The fraction of sp³-hybridized carbons (Fsp3) is 0.227. The normalized spacial score (nSPS) is 12.8. The number of benzene rings is 1. The molecule has 0 radical (unpaired) electrons. The van der Waals surface area contributed by atoms with Gasteiger partial charge in [-0.05, 0) is 62.7 Å². The summed E-state index contributed by atoms with van der Waals surface area (Å²) in [4.78, 5) is 4.78. The van der Waals surface area contributed by atoms with Gasteiger partial charge in [0.25, 0.3) is 0 Å². The molecule has 24 heavy (non-hydrogen) atoms. The molecule has 0 spiro atoms. The number of aromatic nitrogens is 1. The van der Waals surface area contributed by atoms with Crippen molar-refractivity contribution in [3.8, 4) is 0 Å². The Morgan fingerprint density at radius 1 is 1.08 bits per heavy atom. The summed E-state index contributed by atoms with van der Waals surface area (Å²) in [5, 5.41) is 1.18. The summed E-state index contributed by atoms with van der Waals surface area (Å²) in [7, 11) is 2.77. The summed E-state index contributed by atoms with van der Waals surface area (Å²) in [6.45, 7) is 14.5. The highest BCUT2D eigenvalue weighted by Gasteiger charge is 2.12. The molecule has 1 heterocycles. The molecule has 0 amide bonds. The lowest BCUT2D eigenvalue weighted by Crippen LogP contribution is -1.98. The highest BCUT2D eigenvalue weighted by atomic mass is 31.0. The first-order chi connectivity index (χ1) is 11.3. The predicted octanol–water partition coefficient (Wildman–Crippen LogP) is 6.33. The van der Waals surface area contributed by atoms with Crippen LogP contribution in [0, 0.1) is 13.8 Å². The highest BCUT2D eigenvalue weighted by molar-refractivity contribution is 7.22. The van der Waals surface area contributed by atoms with Crippen molar-refractivity contribution in [2.24, 2.45) is 0 Å². The molecule has 1 nitrogen and oxygen atoms in total. The van der Waals surface area contributed by atoms with E-state index in [2.05, 4.69) is 79.9 Å². The average molecular weight is 335 g/mol. The van der Waals surface area contributed by atoms with Crippen LogP contribution in [-0.4, -0.2) is 4.98 Å². The van der Waals surface area contributed by atoms with E-state index in [0.29, 0.717) is 0 Å². The van der Waals surface area contributed by atoms with E-state index in [1.54, 1.807) is 0 Å². The minimum atomic E-state index is 1.03. The first kappa shape index (κ1) is 18.4. The summed E-state index contributed by atoms with van der Waals surface area (Å²) in [5.74, 6) is 0. The minimum absolute atomic E-state index is 1.03. The maximum atomic E-state index is 4.78. The van der Waals surface area contributed by atoms with E-state index < -0.39 is 0 Å². The summed E-state index contributed by atoms with van der Waals surface area (Å²) < 4.78 is 0. The second kappa shape index (κ2) is 7.73. The van der Waals surface area contributed by atoms with Gasteiger partial charge in [-0.15, -0.1) is 9.24 Å². The molecular formula is C22H26NP. The summed E-state index contributed by atoms with van der Waals surface area (Å²) in [6, 6.07) is 10.8. The lowest BCUT2D eigenvalue weighted by Gasteiger charge is -2.14. The van der Waals surface area contributed by atoms with Crippen LogP contribution in [0.5, 0.6) is 0 Å². The molecule has 0 bridgehead atoms. The van der Waals surface area contributed by atoms with Crippen molar-refractivity contribution in [3.05, 3.63) is 88.0 Å². The van der Waals surface area contributed by atoms with Crippen molar-refractivity contribution in [2.75, 3.05) is 0 Å². The SMILES string of the molecule is C=C(C)/C(=C(/C)P)c1cnc(/C(=C\C)c2ccc(C)cc2)c(C)c1. The van der Waals surface area contributed by atoms with Crippen LogP contribution in [0.15, 0.2) is 60.1 Å². The molecule has 0 aliphatic rings. The van der Waals surface area contributed by atoms with Gasteiger partial charge >= 0.3 is 0 Å². The maximum absolute atomic E-state index is 4.78. The van der Waals surface area contributed by atoms with E-state index in [1.165, 1.54) is 33.2 Å². The van der Waals surface area contributed by atoms with E-state index in [-0.39, 0.29) is 0 Å². The first-order valence-electron chi connectivity index (χ1n) is 8.18. The third-order valence-electron chi connectivity index (χ3n) is 4.09. The monoisotopic (exact) mass is 335 g/mol. The molecule has 0 aliphatic carbocycles.